The second-order valence-electron chi connectivity index (χ2n) is 9.14. The average Bonchev–Trinajstić information content (AvgIpc) is 2.81. The van der Waals surface area contributed by atoms with E-state index in [2.05, 4.69) is 0 Å². The minimum atomic E-state index is -0.779. The third-order valence-corrected chi connectivity index (χ3v) is 5.29. The van der Waals surface area contributed by atoms with Gasteiger partial charge in [0.1, 0.15) is 18.2 Å². The first-order valence-corrected chi connectivity index (χ1v) is 11.3. The fourth-order valence-corrected chi connectivity index (χ4v) is 3.70. The van der Waals surface area contributed by atoms with Crippen molar-refractivity contribution in [3.63, 3.8) is 0 Å². The van der Waals surface area contributed by atoms with Gasteiger partial charge in [-0.05, 0) is 51.2 Å². The molecular weight excluding hydrogens is 420 g/mol. The zero-order valence-electron chi connectivity index (χ0n) is 19.5. The van der Waals surface area contributed by atoms with Gasteiger partial charge in [0.25, 0.3) is 5.91 Å². The number of nitrogens with zero attached hydrogens (tertiary/aromatic N) is 2. The highest BCUT2D eigenvalue weighted by atomic mass is 16.6. The first-order valence-electron chi connectivity index (χ1n) is 11.3. The number of carbonyl (C=O) groups excluding carboxylic acids is 3. The van der Waals surface area contributed by atoms with Crippen molar-refractivity contribution in [2.24, 2.45) is 0 Å². The van der Waals surface area contributed by atoms with E-state index in [1.165, 1.54) is 4.90 Å². The molecule has 1 aliphatic rings. The summed E-state index contributed by atoms with van der Waals surface area (Å²) in [4.78, 5) is 42.0. The van der Waals surface area contributed by atoms with Crippen LogP contribution in [-0.4, -0.2) is 46.1 Å². The predicted molar refractivity (Wildman–Crippen MR) is 124 cm³/mol. The molecule has 3 amide bonds. The van der Waals surface area contributed by atoms with Gasteiger partial charge in [-0.3, -0.25) is 9.69 Å². The standard InChI is InChI=1S/C26H32N2O5/c1-26(2,3)33-25(31)28(18-20-12-6-4-7-13-20)23(29)22-16-10-11-17-27(22)24(30)32-19-21-14-8-5-9-15-21/h4-9,12-15,22H,10-11,16-19H2,1-3H3. The van der Waals surface area contributed by atoms with Gasteiger partial charge < -0.3 is 9.47 Å². The average molecular weight is 453 g/mol. The normalized spacial score (nSPS) is 16.1. The van der Waals surface area contributed by atoms with Gasteiger partial charge in [-0.2, -0.15) is 0 Å². The number of piperidine rings is 1. The zero-order chi connectivity index (χ0) is 23.8. The fraction of sp³-hybridized carbons (Fsp3) is 0.423. The van der Waals surface area contributed by atoms with Crippen molar-refractivity contribution in [3.8, 4) is 0 Å². The molecule has 0 aliphatic carbocycles. The molecule has 1 unspecified atom stereocenters. The van der Waals surface area contributed by atoms with E-state index in [1.54, 1.807) is 20.8 Å². The Morgan fingerprint density at radius 1 is 0.939 bits per heavy atom. The largest absolute Gasteiger partial charge is 0.445 e. The first-order chi connectivity index (χ1) is 15.7. The summed E-state index contributed by atoms with van der Waals surface area (Å²) >= 11 is 0. The summed E-state index contributed by atoms with van der Waals surface area (Å²) in [5.41, 5.74) is 0.906. The van der Waals surface area contributed by atoms with Gasteiger partial charge in [0.2, 0.25) is 0 Å². The number of amides is 3. The lowest BCUT2D eigenvalue weighted by atomic mass is 10.0. The van der Waals surface area contributed by atoms with Crippen LogP contribution in [0.1, 0.15) is 51.2 Å². The van der Waals surface area contributed by atoms with E-state index < -0.39 is 29.7 Å². The van der Waals surface area contributed by atoms with Crippen molar-refractivity contribution in [1.82, 2.24) is 9.80 Å². The highest BCUT2D eigenvalue weighted by Gasteiger charge is 2.39. The summed E-state index contributed by atoms with van der Waals surface area (Å²) < 4.78 is 11.0. The molecule has 3 rings (SSSR count). The Hall–Kier alpha value is -3.35. The van der Waals surface area contributed by atoms with Crippen LogP contribution in [0.25, 0.3) is 0 Å². The monoisotopic (exact) mass is 452 g/mol. The van der Waals surface area contributed by atoms with Crippen LogP contribution >= 0.6 is 0 Å². The Bertz CT molecular complexity index is 940. The molecule has 1 saturated heterocycles. The number of rotatable bonds is 5. The van der Waals surface area contributed by atoms with E-state index >= 15 is 0 Å². The molecule has 0 aromatic heterocycles. The van der Waals surface area contributed by atoms with Crippen LogP contribution in [0.2, 0.25) is 0 Å². The SMILES string of the molecule is CC(C)(C)OC(=O)N(Cc1ccccc1)C(=O)C1CCCCN1C(=O)OCc1ccccc1. The summed E-state index contributed by atoms with van der Waals surface area (Å²) in [6.45, 7) is 5.85. The van der Waals surface area contributed by atoms with Crippen molar-refractivity contribution in [1.29, 1.82) is 0 Å². The van der Waals surface area contributed by atoms with Crippen LogP contribution in [0, 0.1) is 0 Å². The molecule has 0 bridgehead atoms. The van der Waals surface area contributed by atoms with E-state index in [0.29, 0.717) is 13.0 Å². The summed E-state index contributed by atoms with van der Waals surface area (Å²) in [5, 5.41) is 0. The van der Waals surface area contributed by atoms with Crippen LogP contribution in [0.3, 0.4) is 0 Å². The predicted octanol–water partition coefficient (Wildman–Crippen LogP) is 5.14. The maximum absolute atomic E-state index is 13.6. The molecule has 1 fully saturated rings. The van der Waals surface area contributed by atoms with Crippen molar-refractivity contribution < 1.29 is 23.9 Å². The Kier molecular flexibility index (Phi) is 8.09. The topological polar surface area (TPSA) is 76.2 Å². The summed E-state index contributed by atoms with van der Waals surface area (Å²) in [6, 6.07) is 17.9. The van der Waals surface area contributed by atoms with Crippen molar-refractivity contribution in [2.45, 2.75) is 64.8 Å². The molecule has 0 N–H and O–H groups in total. The third kappa shape index (κ3) is 7.07. The highest BCUT2D eigenvalue weighted by molar-refractivity contribution is 5.96. The molecule has 0 spiro atoms. The summed E-state index contributed by atoms with van der Waals surface area (Å²) in [7, 11) is 0. The van der Waals surface area contributed by atoms with Gasteiger partial charge >= 0.3 is 12.2 Å². The van der Waals surface area contributed by atoms with Crippen molar-refractivity contribution in [2.75, 3.05) is 6.54 Å². The Labute approximate surface area is 195 Å². The van der Waals surface area contributed by atoms with Gasteiger partial charge in [0, 0.05) is 6.54 Å². The first kappa shape index (κ1) is 24.3. The number of carbonyl (C=O) groups is 3. The van der Waals surface area contributed by atoms with Crippen LogP contribution < -0.4 is 0 Å². The molecule has 0 radical (unpaired) electrons. The maximum atomic E-state index is 13.6. The molecule has 2 aromatic rings. The third-order valence-electron chi connectivity index (χ3n) is 5.29. The molecule has 1 aliphatic heterocycles. The minimum absolute atomic E-state index is 0.0675. The lowest BCUT2D eigenvalue weighted by Gasteiger charge is -2.36. The van der Waals surface area contributed by atoms with E-state index in [4.69, 9.17) is 9.47 Å². The molecule has 1 atom stereocenters. The Balaban J connectivity index is 1.77. The van der Waals surface area contributed by atoms with Gasteiger partial charge in [-0.15, -0.1) is 0 Å². The van der Waals surface area contributed by atoms with Crippen LogP contribution in [0.4, 0.5) is 9.59 Å². The van der Waals surface area contributed by atoms with E-state index in [1.807, 2.05) is 60.7 Å². The molecule has 7 heteroatoms. The quantitative estimate of drug-likeness (QED) is 0.628. The lowest BCUT2D eigenvalue weighted by molar-refractivity contribution is -0.137. The molecular formula is C26H32N2O5. The van der Waals surface area contributed by atoms with Crippen molar-refractivity contribution >= 4 is 18.1 Å². The van der Waals surface area contributed by atoms with Crippen LogP contribution in [0.5, 0.6) is 0 Å². The molecule has 2 aromatic carbocycles. The fourth-order valence-electron chi connectivity index (χ4n) is 3.70. The van der Waals surface area contributed by atoms with Gasteiger partial charge in [0.15, 0.2) is 0 Å². The highest BCUT2D eigenvalue weighted by Crippen LogP contribution is 2.23. The van der Waals surface area contributed by atoms with Crippen molar-refractivity contribution in [3.05, 3.63) is 71.8 Å². The maximum Gasteiger partial charge on any atom is 0.417 e. The number of likely N-dealkylation sites (tertiary alicyclic amines) is 1. The smallest absolute Gasteiger partial charge is 0.417 e. The number of benzene rings is 2. The second-order valence-corrected chi connectivity index (χ2v) is 9.14. The van der Waals surface area contributed by atoms with E-state index in [0.717, 1.165) is 28.9 Å². The second kappa shape index (κ2) is 11.0. The summed E-state index contributed by atoms with van der Waals surface area (Å²) in [5.74, 6) is -0.454. The Morgan fingerprint density at radius 3 is 2.15 bits per heavy atom. The van der Waals surface area contributed by atoms with E-state index in [9.17, 15) is 14.4 Å². The Morgan fingerprint density at radius 2 is 1.55 bits per heavy atom. The van der Waals surface area contributed by atoms with Gasteiger partial charge in [-0.25, -0.2) is 14.5 Å². The van der Waals surface area contributed by atoms with Gasteiger partial charge in [-0.1, -0.05) is 60.7 Å². The number of imide groups is 1. The number of ether oxygens (including phenoxy) is 2. The number of hydrogen-bond acceptors (Lipinski definition) is 5. The lowest BCUT2D eigenvalue weighted by Crippen LogP contribution is -2.54. The van der Waals surface area contributed by atoms with Crippen LogP contribution in [-0.2, 0) is 27.4 Å². The molecule has 33 heavy (non-hydrogen) atoms. The summed E-state index contributed by atoms with van der Waals surface area (Å²) in [6.07, 6.45) is 0.745. The minimum Gasteiger partial charge on any atom is -0.445 e. The zero-order valence-corrected chi connectivity index (χ0v) is 19.5. The van der Waals surface area contributed by atoms with Crippen LogP contribution in [0.15, 0.2) is 60.7 Å². The molecule has 0 saturated carbocycles. The number of hydrogen-bond donors (Lipinski definition) is 0. The van der Waals surface area contributed by atoms with Gasteiger partial charge in [0.05, 0.1) is 6.54 Å². The molecule has 176 valence electrons. The molecule has 1 heterocycles. The van der Waals surface area contributed by atoms with E-state index in [-0.39, 0.29) is 13.2 Å². The molecule has 7 nitrogen and oxygen atoms in total.